The van der Waals surface area contributed by atoms with Crippen LogP contribution in [0.1, 0.15) is 13.3 Å². The van der Waals surface area contributed by atoms with E-state index in [2.05, 4.69) is 0 Å². The Bertz CT molecular complexity index is 774. The first-order chi connectivity index (χ1) is 12.6. The van der Waals surface area contributed by atoms with Gasteiger partial charge in [0.15, 0.2) is 58.2 Å². The summed E-state index contributed by atoms with van der Waals surface area (Å²) in [6.07, 6.45) is 0.200. The van der Waals surface area contributed by atoms with Crippen LogP contribution in [0.3, 0.4) is 0 Å². The van der Waals surface area contributed by atoms with Gasteiger partial charge in [0.1, 0.15) is 0 Å². The molecule has 0 aromatic heterocycles. The molecule has 0 unspecified atom stereocenters. The summed E-state index contributed by atoms with van der Waals surface area (Å²) in [7, 11) is 0. The Hall–Kier alpha value is -1.85. The Morgan fingerprint density at radius 1 is 0.519 bits per heavy atom. The average molecular weight is 420 g/mol. The summed E-state index contributed by atoms with van der Waals surface area (Å²) in [6.45, 7) is 1.50. The van der Waals surface area contributed by atoms with Crippen LogP contribution in [0.5, 0.6) is 0 Å². The third-order valence-corrected chi connectivity index (χ3v) is 4.95. The molecule has 27 heavy (non-hydrogen) atoms. The lowest BCUT2D eigenvalue weighted by Gasteiger charge is -2.18. The summed E-state index contributed by atoms with van der Waals surface area (Å²) >= 11 is 0.259. The van der Waals surface area contributed by atoms with Gasteiger partial charge in [-0.25, -0.2) is 43.9 Å². The fourth-order valence-corrected chi connectivity index (χ4v) is 3.47. The molecule has 0 radical (unpaired) electrons. The first kappa shape index (κ1) is 21.5. The molecular formula is C15H7BF10S. The molecule has 2 aromatic rings. The van der Waals surface area contributed by atoms with Gasteiger partial charge in [-0.05, 0) is 12.2 Å². The van der Waals surface area contributed by atoms with E-state index < -0.39 is 75.1 Å². The van der Waals surface area contributed by atoms with Crippen molar-refractivity contribution >= 4 is 28.5 Å². The summed E-state index contributed by atoms with van der Waals surface area (Å²) in [5, 5.41) is 0. The predicted molar refractivity (Wildman–Crippen MR) is 80.2 cm³/mol. The molecule has 0 saturated carbocycles. The molecule has 0 spiro atoms. The predicted octanol–water partition coefficient (Wildman–Crippen LogP) is 4.33. The fraction of sp³-hybridized carbons (Fsp3) is 0.200. The van der Waals surface area contributed by atoms with Crippen molar-refractivity contribution in [2.45, 2.75) is 13.3 Å². The molecule has 0 saturated heterocycles. The molecule has 0 aliphatic rings. The van der Waals surface area contributed by atoms with E-state index in [1.165, 1.54) is 6.92 Å². The van der Waals surface area contributed by atoms with Crippen LogP contribution in [-0.2, 0) is 0 Å². The van der Waals surface area contributed by atoms with Crippen LogP contribution in [0.15, 0.2) is 0 Å². The summed E-state index contributed by atoms with van der Waals surface area (Å²) in [5.41, 5.74) is -3.40. The highest BCUT2D eigenvalue weighted by Crippen LogP contribution is 2.24. The molecule has 146 valence electrons. The van der Waals surface area contributed by atoms with Gasteiger partial charge >= 0.3 is 0 Å². The van der Waals surface area contributed by atoms with E-state index in [4.69, 9.17) is 0 Å². The average Bonchev–Trinajstić information content (AvgIpc) is 2.65. The molecule has 0 nitrogen and oxygen atoms in total. The second-order valence-electron chi connectivity index (χ2n) is 5.22. The van der Waals surface area contributed by atoms with E-state index in [9.17, 15) is 43.9 Å². The lowest BCUT2D eigenvalue weighted by Crippen LogP contribution is -2.49. The van der Waals surface area contributed by atoms with Crippen LogP contribution in [0.25, 0.3) is 0 Å². The van der Waals surface area contributed by atoms with Gasteiger partial charge in [0.25, 0.3) is 5.99 Å². The molecule has 0 fully saturated rings. The molecule has 0 heterocycles. The Morgan fingerprint density at radius 2 is 0.778 bits per heavy atom. The lowest BCUT2D eigenvalue weighted by atomic mass is 9.60. The number of rotatable bonds is 5. The van der Waals surface area contributed by atoms with E-state index in [1.807, 2.05) is 0 Å². The van der Waals surface area contributed by atoms with Gasteiger partial charge in [0.05, 0.1) is 0 Å². The van der Waals surface area contributed by atoms with Crippen molar-refractivity contribution in [2.24, 2.45) is 0 Å². The fourth-order valence-electron chi connectivity index (χ4n) is 2.25. The highest BCUT2D eigenvalue weighted by atomic mass is 32.2. The number of halogens is 10. The Labute approximate surface area is 150 Å². The van der Waals surface area contributed by atoms with E-state index in [0.29, 0.717) is 0 Å². The zero-order chi connectivity index (χ0) is 20.6. The largest absolute Gasteiger partial charge is 0.288 e. The number of hydrogen-bond acceptors (Lipinski definition) is 1. The molecular weight excluding hydrogens is 413 g/mol. The zero-order valence-corrected chi connectivity index (χ0v) is 14.0. The summed E-state index contributed by atoms with van der Waals surface area (Å²) < 4.78 is 137. The van der Waals surface area contributed by atoms with Gasteiger partial charge in [0, 0.05) is 10.9 Å². The Morgan fingerprint density at radius 3 is 1.04 bits per heavy atom. The second-order valence-corrected chi connectivity index (χ2v) is 6.43. The first-order valence-electron chi connectivity index (χ1n) is 7.20. The summed E-state index contributed by atoms with van der Waals surface area (Å²) in [4.78, 5) is 0. The lowest BCUT2D eigenvalue weighted by molar-refractivity contribution is 0.382. The minimum Gasteiger partial charge on any atom is -0.204 e. The third kappa shape index (κ3) is 3.51. The zero-order valence-electron chi connectivity index (χ0n) is 13.2. The van der Waals surface area contributed by atoms with Gasteiger partial charge in [0.2, 0.25) is 0 Å². The molecule has 0 N–H and O–H groups in total. The van der Waals surface area contributed by atoms with Crippen LogP contribution < -0.4 is 10.9 Å². The van der Waals surface area contributed by atoms with Crippen molar-refractivity contribution in [1.82, 2.24) is 0 Å². The maximum atomic E-state index is 14.1. The first-order valence-corrected chi connectivity index (χ1v) is 8.25. The highest BCUT2D eigenvalue weighted by Gasteiger charge is 2.39. The standard InChI is InChI=1S/C15H7BF10S/c1-2-3-27-16(4-6(17)10(21)14(25)11(22)7(4)18)5-8(19)12(23)15(26)13(24)9(5)20/h2-3H2,1H3. The van der Waals surface area contributed by atoms with Crippen molar-refractivity contribution in [3.05, 3.63) is 58.2 Å². The van der Waals surface area contributed by atoms with E-state index in [-0.39, 0.29) is 23.8 Å². The van der Waals surface area contributed by atoms with E-state index in [1.54, 1.807) is 0 Å². The Balaban J connectivity index is 2.89. The van der Waals surface area contributed by atoms with Crippen molar-refractivity contribution < 1.29 is 43.9 Å². The monoisotopic (exact) mass is 420 g/mol. The topological polar surface area (TPSA) is 0 Å². The van der Waals surface area contributed by atoms with Gasteiger partial charge in [-0.1, -0.05) is 6.92 Å². The van der Waals surface area contributed by atoms with Crippen LogP contribution in [0.4, 0.5) is 43.9 Å². The molecule has 2 aromatic carbocycles. The molecule has 0 aliphatic carbocycles. The van der Waals surface area contributed by atoms with Gasteiger partial charge < -0.3 is 0 Å². The van der Waals surface area contributed by atoms with Gasteiger partial charge in [-0.2, -0.15) is 11.6 Å². The number of hydrogen-bond donors (Lipinski definition) is 0. The van der Waals surface area contributed by atoms with E-state index in [0.717, 1.165) is 0 Å². The Kier molecular flexibility index (Phi) is 6.38. The summed E-state index contributed by atoms with van der Waals surface area (Å²) in [6, 6.07) is 0. The van der Waals surface area contributed by atoms with Crippen molar-refractivity contribution in [2.75, 3.05) is 5.75 Å². The normalized spacial score (nSPS) is 11.2. The molecule has 0 atom stereocenters. The maximum absolute atomic E-state index is 14.1. The van der Waals surface area contributed by atoms with Crippen molar-refractivity contribution in [3.8, 4) is 0 Å². The van der Waals surface area contributed by atoms with Crippen LogP contribution in [0, 0.1) is 58.2 Å². The highest BCUT2D eigenvalue weighted by molar-refractivity contribution is 8.28. The van der Waals surface area contributed by atoms with Crippen LogP contribution >= 0.6 is 11.6 Å². The maximum Gasteiger partial charge on any atom is 0.288 e. The molecule has 0 amide bonds. The van der Waals surface area contributed by atoms with Crippen molar-refractivity contribution in [3.63, 3.8) is 0 Å². The SMILES string of the molecule is CCCSB(c1c(F)c(F)c(F)c(F)c1F)c1c(F)c(F)c(F)c(F)c1F. The van der Waals surface area contributed by atoms with Gasteiger partial charge in [-0.3, -0.25) is 0 Å². The number of benzene rings is 2. The van der Waals surface area contributed by atoms with Gasteiger partial charge in [-0.15, -0.1) is 0 Å². The van der Waals surface area contributed by atoms with E-state index >= 15 is 0 Å². The minimum absolute atomic E-state index is 0.149. The molecule has 2 rings (SSSR count). The summed E-state index contributed by atoms with van der Waals surface area (Å²) in [5.74, 6) is -26.9. The van der Waals surface area contributed by atoms with Crippen molar-refractivity contribution in [1.29, 1.82) is 0 Å². The molecule has 0 aliphatic heterocycles. The second kappa shape index (κ2) is 8.03. The molecule has 0 bridgehead atoms. The smallest absolute Gasteiger partial charge is 0.204 e. The van der Waals surface area contributed by atoms with Crippen LogP contribution in [-0.4, -0.2) is 11.7 Å². The van der Waals surface area contributed by atoms with Crippen LogP contribution in [0.2, 0.25) is 0 Å². The minimum atomic E-state index is -2.52. The third-order valence-electron chi connectivity index (χ3n) is 3.50. The quantitative estimate of drug-likeness (QED) is 0.301. The molecule has 12 heteroatoms.